The van der Waals surface area contributed by atoms with Gasteiger partial charge < -0.3 is 31.5 Å². The van der Waals surface area contributed by atoms with Crippen LogP contribution in [0.3, 0.4) is 0 Å². The lowest BCUT2D eigenvalue weighted by Gasteiger charge is -2.15. The van der Waals surface area contributed by atoms with Gasteiger partial charge in [0, 0.05) is 29.0 Å². The number of carbonyl (C=O) groups excluding carboxylic acids is 1. The van der Waals surface area contributed by atoms with Gasteiger partial charge in [0.25, 0.3) is 5.91 Å². The van der Waals surface area contributed by atoms with Crippen LogP contribution in [0.1, 0.15) is 34.1 Å². The Kier molecular flexibility index (Phi) is 6.46. The number of amides is 1. The highest BCUT2D eigenvalue weighted by molar-refractivity contribution is 6.31. The number of hydrogen-bond donors (Lipinski definition) is 5. The van der Waals surface area contributed by atoms with E-state index >= 15 is 0 Å². The Labute approximate surface area is 161 Å². The first-order chi connectivity index (χ1) is 12.8. The van der Waals surface area contributed by atoms with Crippen LogP contribution in [0.4, 0.5) is 11.4 Å². The fourth-order valence-electron chi connectivity index (χ4n) is 2.65. The topological polar surface area (TPSA) is 133 Å². The van der Waals surface area contributed by atoms with Gasteiger partial charge in [-0.15, -0.1) is 0 Å². The molecule has 0 saturated heterocycles. The number of rotatable bonds is 7. The maximum absolute atomic E-state index is 12.6. The van der Waals surface area contributed by atoms with E-state index in [0.29, 0.717) is 17.1 Å². The first-order valence-corrected chi connectivity index (χ1v) is 8.63. The number of ether oxygens (including phenoxy) is 1. The number of pyridine rings is 1. The van der Waals surface area contributed by atoms with Crippen LogP contribution >= 0.6 is 11.6 Å². The largest absolute Gasteiger partial charge is 0.482 e. The van der Waals surface area contributed by atoms with Crippen molar-refractivity contribution in [2.45, 2.75) is 20.4 Å². The van der Waals surface area contributed by atoms with Gasteiger partial charge in [0.05, 0.1) is 24.9 Å². The minimum atomic E-state index is -0.499. The molecule has 0 atom stereocenters. The Morgan fingerprint density at radius 2 is 2.15 bits per heavy atom. The van der Waals surface area contributed by atoms with Gasteiger partial charge in [-0.05, 0) is 31.5 Å². The first-order valence-electron chi connectivity index (χ1n) is 8.25. The molecule has 144 valence electrons. The Morgan fingerprint density at radius 1 is 1.44 bits per heavy atom. The molecule has 1 amide bonds. The van der Waals surface area contributed by atoms with Gasteiger partial charge >= 0.3 is 0 Å². The van der Waals surface area contributed by atoms with Crippen molar-refractivity contribution in [1.82, 2.24) is 10.3 Å². The van der Waals surface area contributed by atoms with Gasteiger partial charge in [-0.2, -0.15) is 0 Å². The zero-order valence-corrected chi connectivity index (χ0v) is 16.1. The predicted octanol–water partition coefficient (Wildman–Crippen LogP) is 2.29. The van der Waals surface area contributed by atoms with Crippen molar-refractivity contribution in [3.8, 4) is 5.88 Å². The van der Waals surface area contributed by atoms with Crippen molar-refractivity contribution in [3.63, 3.8) is 0 Å². The molecule has 2 rings (SSSR count). The number of aromatic nitrogens is 1. The number of nitrogens with two attached hydrogens (primary N) is 1. The summed E-state index contributed by atoms with van der Waals surface area (Å²) in [6.45, 7) is 4.35. The van der Waals surface area contributed by atoms with E-state index in [4.69, 9.17) is 27.5 Å². The van der Waals surface area contributed by atoms with E-state index in [1.165, 1.54) is 7.11 Å². The molecule has 6 N–H and O–H groups in total. The summed E-state index contributed by atoms with van der Waals surface area (Å²) in [4.78, 5) is 27.8. The number of aromatic amines is 1. The van der Waals surface area contributed by atoms with Gasteiger partial charge in [-0.1, -0.05) is 11.6 Å². The average Bonchev–Trinajstić information content (AvgIpc) is 2.65. The Hall–Kier alpha value is -3.00. The molecule has 0 saturated carbocycles. The van der Waals surface area contributed by atoms with Gasteiger partial charge in [0.2, 0.25) is 5.43 Å². The molecule has 0 spiro atoms. The van der Waals surface area contributed by atoms with Gasteiger partial charge in [-0.3, -0.25) is 9.59 Å². The molecule has 0 fully saturated rings. The standard InChI is InChI=1S/C18H22ClN5O3/c1-4-22-13-6-10(19)5-11(9(13)2)17(26)23-8-12-16(25)15(21)14(7-20)24-18(12)27-3/h5-7,20,22H,4,8,21H2,1-3H3,(H,23,26)(H,24,25). The maximum atomic E-state index is 12.6. The zero-order chi connectivity index (χ0) is 20.1. The average molecular weight is 392 g/mol. The number of methoxy groups -OCH3 is 1. The van der Waals surface area contributed by atoms with Crippen molar-refractivity contribution in [2.24, 2.45) is 0 Å². The molecule has 0 aliphatic rings. The number of nitrogen functional groups attached to an aromatic ring is 1. The lowest BCUT2D eigenvalue weighted by molar-refractivity contribution is 0.0950. The minimum Gasteiger partial charge on any atom is -0.482 e. The third-order valence-electron chi connectivity index (χ3n) is 4.09. The highest BCUT2D eigenvalue weighted by atomic mass is 35.5. The summed E-state index contributed by atoms with van der Waals surface area (Å²) in [7, 11) is 1.38. The lowest BCUT2D eigenvalue weighted by Crippen LogP contribution is -2.29. The fraction of sp³-hybridized carbons (Fsp3) is 0.278. The van der Waals surface area contributed by atoms with E-state index in [-0.39, 0.29) is 35.3 Å². The number of hydrogen-bond acceptors (Lipinski definition) is 6. The third-order valence-corrected chi connectivity index (χ3v) is 4.31. The second kappa shape index (κ2) is 8.59. The van der Waals surface area contributed by atoms with Crippen molar-refractivity contribution in [3.05, 3.63) is 49.8 Å². The number of benzene rings is 1. The molecular formula is C18H22ClN5O3. The Morgan fingerprint density at radius 3 is 2.74 bits per heavy atom. The molecule has 1 heterocycles. The van der Waals surface area contributed by atoms with Crippen LogP contribution in [0.15, 0.2) is 16.9 Å². The van der Waals surface area contributed by atoms with E-state index in [1.54, 1.807) is 12.1 Å². The summed E-state index contributed by atoms with van der Waals surface area (Å²) in [6, 6.07) is 3.32. The number of nitrogens with one attached hydrogen (secondary N) is 4. The summed E-state index contributed by atoms with van der Waals surface area (Å²) in [6.07, 6.45) is 0.930. The van der Waals surface area contributed by atoms with Crippen LogP contribution in [0.2, 0.25) is 5.02 Å². The van der Waals surface area contributed by atoms with Crippen molar-refractivity contribution >= 4 is 35.1 Å². The fourth-order valence-corrected chi connectivity index (χ4v) is 2.87. The van der Waals surface area contributed by atoms with Gasteiger partial charge in [0.15, 0.2) is 5.88 Å². The Balaban J connectivity index is 2.33. The van der Waals surface area contributed by atoms with E-state index in [2.05, 4.69) is 15.6 Å². The molecule has 8 nitrogen and oxygen atoms in total. The summed E-state index contributed by atoms with van der Waals surface area (Å²) in [5.74, 6) is -0.241. The molecular weight excluding hydrogens is 370 g/mol. The number of anilines is 2. The molecule has 0 aliphatic heterocycles. The molecule has 1 aromatic heterocycles. The van der Waals surface area contributed by atoms with E-state index < -0.39 is 5.43 Å². The predicted molar refractivity (Wildman–Crippen MR) is 107 cm³/mol. The van der Waals surface area contributed by atoms with E-state index in [0.717, 1.165) is 17.5 Å². The SMILES string of the molecule is CCNc1cc(Cl)cc(C(=O)NCc2c(OC)[nH]c(C=N)c(N)c2=O)c1C. The zero-order valence-electron chi connectivity index (χ0n) is 15.3. The van der Waals surface area contributed by atoms with Crippen LogP contribution in [0.5, 0.6) is 5.88 Å². The molecule has 1 aromatic carbocycles. The van der Waals surface area contributed by atoms with E-state index in [9.17, 15) is 9.59 Å². The number of H-pyrrole nitrogens is 1. The molecule has 27 heavy (non-hydrogen) atoms. The highest BCUT2D eigenvalue weighted by Gasteiger charge is 2.18. The molecule has 0 aliphatic carbocycles. The van der Waals surface area contributed by atoms with Gasteiger partial charge in [-0.25, -0.2) is 0 Å². The smallest absolute Gasteiger partial charge is 0.251 e. The molecule has 0 unspecified atom stereocenters. The summed E-state index contributed by atoms with van der Waals surface area (Å²) in [5, 5.41) is 13.6. The second-order valence-corrected chi connectivity index (χ2v) is 6.21. The quantitative estimate of drug-likeness (QED) is 0.462. The normalized spacial score (nSPS) is 10.4. The van der Waals surface area contributed by atoms with Crippen LogP contribution in [0.25, 0.3) is 0 Å². The third kappa shape index (κ3) is 4.22. The molecule has 0 bridgehead atoms. The summed E-state index contributed by atoms with van der Waals surface area (Å²) in [5.41, 5.74) is 7.37. The maximum Gasteiger partial charge on any atom is 0.251 e. The van der Waals surface area contributed by atoms with E-state index in [1.807, 2.05) is 13.8 Å². The molecule has 9 heteroatoms. The second-order valence-electron chi connectivity index (χ2n) is 5.78. The Bertz CT molecular complexity index is 940. The summed E-state index contributed by atoms with van der Waals surface area (Å²) >= 11 is 6.11. The monoisotopic (exact) mass is 391 g/mol. The van der Waals surface area contributed by atoms with Crippen molar-refractivity contribution in [1.29, 1.82) is 5.41 Å². The van der Waals surface area contributed by atoms with Crippen molar-refractivity contribution in [2.75, 3.05) is 24.7 Å². The van der Waals surface area contributed by atoms with Crippen molar-refractivity contribution < 1.29 is 9.53 Å². The molecule has 2 aromatic rings. The van der Waals surface area contributed by atoms with Gasteiger partial charge in [0.1, 0.15) is 5.69 Å². The van der Waals surface area contributed by atoms with Crippen LogP contribution in [-0.4, -0.2) is 30.8 Å². The number of halogens is 1. The number of carbonyl (C=O) groups is 1. The first kappa shape index (κ1) is 20.3. The van der Waals surface area contributed by atoms with Crippen LogP contribution in [-0.2, 0) is 6.54 Å². The van der Waals surface area contributed by atoms with Crippen LogP contribution < -0.4 is 26.5 Å². The summed E-state index contributed by atoms with van der Waals surface area (Å²) < 4.78 is 5.16. The minimum absolute atomic E-state index is 0.0949. The van der Waals surface area contributed by atoms with Crippen LogP contribution in [0, 0.1) is 12.3 Å². The molecule has 0 radical (unpaired) electrons. The highest BCUT2D eigenvalue weighted by Crippen LogP contribution is 2.25. The lowest BCUT2D eigenvalue weighted by atomic mass is 10.1.